The maximum absolute atomic E-state index is 12.5. The van der Waals surface area contributed by atoms with E-state index in [1.165, 1.54) is 32.1 Å². The number of hydrogen-bond donors (Lipinski definition) is 3. The molecule has 3 N–H and O–H groups in total. The molecule has 0 aromatic heterocycles. The minimum absolute atomic E-state index is 0.100. The van der Waals surface area contributed by atoms with Gasteiger partial charge in [-0.1, -0.05) is 49.6 Å². The Morgan fingerprint density at radius 1 is 1.08 bits per heavy atom. The first kappa shape index (κ1) is 19.2. The monoisotopic (exact) mass is 359 g/mol. The molecule has 1 saturated carbocycles. The average molecular weight is 360 g/mol. The molecule has 0 unspecified atom stereocenters. The number of aliphatic hydroxyl groups is 1. The Kier molecular flexibility index (Phi) is 6.92. The van der Waals surface area contributed by atoms with Crippen LogP contribution in [0.25, 0.3) is 0 Å². The van der Waals surface area contributed by atoms with Crippen LogP contribution in [0.15, 0.2) is 30.3 Å². The lowest BCUT2D eigenvalue weighted by atomic mass is 9.81. The predicted molar refractivity (Wildman–Crippen MR) is 104 cm³/mol. The summed E-state index contributed by atoms with van der Waals surface area (Å²) >= 11 is 0. The third-order valence-electron chi connectivity index (χ3n) is 5.73. The number of likely N-dealkylation sites (tertiary alicyclic amines) is 1. The second-order valence-electron chi connectivity index (χ2n) is 8.00. The third-order valence-corrected chi connectivity index (χ3v) is 5.73. The normalized spacial score (nSPS) is 21.3. The molecule has 0 bridgehead atoms. The highest BCUT2D eigenvalue weighted by molar-refractivity contribution is 5.74. The fourth-order valence-corrected chi connectivity index (χ4v) is 4.37. The van der Waals surface area contributed by atoms with E-state index < -0.39 is 6.10 Å². The van der Waals surface area contributed by atoms with Crippen molar-refractivity contribution in [1.29, 1.82) is 0 Å². The zero-order chi connectivity index (χ0) is 18.2. The molecule has 0 radical (unpaired) electrons. The molecule has 1 aliphatic carbocycles. The summed E-state index contributed by atoms with van der Waals surface area (Å²) in [5, 5.41) is 16.4. The Labute approximate surface area is 157 Å². The van der Waals surface area contributed by atoms with Crippen LogP contribution in [0.2, 0.25) is 0 Å². The van der Waals surface area contributed by atoms with Crippen LogP contribution in [0.1, 0.15) is 50.5 Å². The third kappa shape index (κ3) is 5.71. The van der Waals surface area contributed by atoms with E-state index in [0.717, 1.165) is 38.0 Å². The van der Waals surface area contributed by atoms with Gasteiger partial charge in [0, 0.05) is 19.5 Å². The maximum Gasteiger partial charge on any atom is 0.315 e. The molecule has 2 amide bonds. The molecule has 1 aliphatic heterocycles. The van der Waals surface area contributed by atoms with E-state index in [1.807, 2.05) is 30.3 Å². The fraction of sp³-hybridized carbons (Fsp3) is 0.667. The summed E-state index contributed by atoms with van der Waals surface area (Å²) in [6.07, 6.45) is 8.29. The zero-order valence-electron chi connectivity index (χ0n) is 15.8. The number of rotatable bonds is 7. The van der Waals surface area contributed by atoms with Crippen molar-refractivity contribution in [3.63, 3.8) is 0 Å². The number of hydrogen-bond acceptors (Lipinski definition) is 3. The Bertz CT molecular complexity index is 552. The Balaban J connectivity index is 1.47. The van der Waals surface area contributed by atoms with E-state index in [0.29, 0.717) is 6.42 Å². The minimum atomic E-state index is -0.566. The maximum atomic E-state index is 12.5. The van der Waals surface area contributed by atoms with Gasteiger partial charge in [0.05, 0.1) is 11.6 Å². The van der Waals surface area contributed by atoms with E-state index in [2.05, 4.69) is 15.5 Å². The summed E-state index contributed by atoms with van der Waals surface area (Å²) in [6.45, 7) is 3.55. The molecule has 1 aromatic carbocycles. The molecular formula is C21H33N3O2. The lowest BCUT2D eigenvalue weighted by Crippen LogP contribution is -2.59. The number of aliphatic hydroxyl groups excluding tert-OH is 1. The number of carbonyl (C=O) groups is 1. The van der Waals surface area contributed by atoms with Crippen molar-refractivity contribution in [3.8, 4) is 0 Å². The molecular weight excluding hydrogens is 326 g/mol. The number of urea groups is 1. The zero-order valence-corrected chi connectivity index (χ0v) is 15.8. The topological polar surface area (TPSA) is 64.6 Å². The quantitative estimate of drug-likeness (QED) is 0.701. The van der Waals surface area contributed by atoms with Gasteiger partial charge >= 0.3 is 6.03 Å². The van der Waals surface area contributed by atoms with Gasteiger partial charge in [-0.2, -0.15) is 0 Å². The number of nitrogens with one attached hydrogen (secondary N) is 2. The molecule has 1 saturated heterocycles. The summed E-state index contributed by atoms with van der Waals surface area (Å²) in [5.41, 5.74) is 0.983. The fourth-order valence-electron chi connectivity index (χ4n) is 4.37. The summed E-state index contributed by atoms with van der Waals surface area (Å²) in [4.78, 5) is 15.0. The molecule has 5 nitrogen and oxygen atoms in total. The SMILES string of the molecule is O=C(NC[C@@H](O)Cc1ccccc1)NC1(CN2CCCC2)CCCCC1. The van der Waals surface area contributed by atoms with Crippen LogP contribution < -0.4 is 10.6 Å². The number of carbonyl (C=O) groups excluding carboxylic acids is 1. The van der Waals surface area contributed by atoms with Crippen LogP contribution in [0.4, 0.5) is 4.79 Å². The van der Waals surface area contributed by atoms with Gasteiger partial charge < -0.3 is 20.6 Å². The molecule has 5 heteroatoms. The number of benzene rings is 1. The second kappa shape index (κ2) is 9.38. The molecule has 26 heavy (non-hydrogen) atoms. The van der Waals surface area contributed by atoms with Crippen molar-refractivity contribution in [1.82, 2.24) is 15.5 Å². The molecule has 1 aromatic rings. The van der Waals surface area contributed by atoms with E-state index in [9.17, 15) is 9.90 Å². The van der Waals surface area contributed by atoms with E-state index >= 15 is 0 Å². The van der Waals surface area contributed by atoms with Gasteiger partial charge in [0.15, 0.2) is 0 Å². The first-order valence-electron chi connectivity index (χ1n) is 10.2. The van der Waals surface area contributed by atoms with Crippen LogP contribution in [-0.2, 0) is 6.42 Å². The Morgan fingerprint density at radius 2 is 1.77 bits per heavy atom. The summed E-state index contributed by atoms with van der Waals surface area (Å²) < 4.78 is 0. The van der Waals surface area contributed by atoms with Crippen molar-refractivity contribution in [2.75, 3.05) is 26.2 Å². The van der Waals surface area contributed by atoms with Crippen LogP contribution in [0, 0.1) is 0 Å². The second-order valence-corrected chi connectivity index (χ2v) is 8.00. The number of nitrogens with zero attached hydrogens (tertiary/aromatic N) is 1. The van der Waals surface area contributed by atoms with Gasteiger partial charge in [0.1, 0.15) is 0 Å². The molecule has 3 rings (SSSR count). The Hall–Kier alpha value is -1.59. The van der Waals surface area contributed by atoms with E-state index in [-0.39, 0.29) is 18.1 Å². The van der Waals surface area contributed by atoms with Crippen molar-refractivity contribution in [3.05, 3.63) is 35.9 Å². The van der Waals surface area contributed by atoms with Gasteiger partial charge in [-0.15, -0.1) is 0 Å². The van der Waals surface area contributed by atoms with Crippen LogP contribution in [0.5, 0.6) is 0 Å². The average Bonchev–Trinajstić information content (AvgIpc) is 3.14. The first-order valence-corrected chi connectivity index (χ1v) is 10.2. The molecule has 2 fully saturated rings. The van der Waals surface area contributed by atoms with Gasteiger partial charge in [-0.05, 0) is 44.3 Å². The lowest BCUT2D eigenvalue weighted by molar-refractivity contribution is 0.148. The highest BCUT2D eigenvalue weighted by atomic mass is 16.3. The molecule has 2 aliphatic rings. The standard InChI is InChI=1S/C21H33N3O2/c25-19(15-18-9-3-1-4-10-18)16-22-20(26)23-21(11-5-2-6-12-21)17-24-13-7-8-14-24/h1,3-4,9-10,19,25H,2,5-8,11-17H2,(H2,22,23,26)/t19-/m0/s1. The highest BCUT2D eigenvalue weighted by Crippen LogP contribution is 2.30. The summed E-state index contributed by atoms with van der Waals surface area (Å²) in [7, 11) is 0. The minimum Gasteiger partial charge on any atom is -0.391 e. The van der Waals surface area contributed by atoms with Crippen LogP contribution in [-0.4, -0.2) is 53.9 Å². The first-order chi connectivity index (χ1) is 12.7. The lowest BCUT2D eigenvalue weighted by Gasteiger charge is -2.41. The van der Waals surface area contributed by atoms with Crippen molar-refractivity contribution >= 4 is 6.03 Å². The highest BCUT2D eigenvalue weighted by Gasteiger charge is 2.36. The molecule has 0 spiro atoms. The summed E-state index contributed by atoms with van der Waals surface area (Å²) in [5.74, 6) is 0. The van der Waals surface area contributed by atoms with Crippen LogP contribution >= 0.6 is 0 Å². The molecule has 144 valence electrons. The van der Waals surface area contributed by atoms with Gasteiger partial charge in [-0.3, -0.25) is 0 Å². The van der Waals surface area contributed by atoms with Gasteiger partial charge in [0.2, 0.25) is 0 Å². The smallest absolute Gasteiger partial charge is 0.315 e. The molecule has 1 atom stereocenters. The largest absolute Gasteiger partial charge is 0.391 e. The number of amides is 2. The Morgan fingerprint density at radius 3 is 2.46 bits per heavy atom. The predicted octanol–water partition coefficient (Wildman–Crippen LogP) is 2.69. The van der Waals surface area contributed by atoms with Gasteiger partial charge in [0.25, 0.3) is 0 Å². The van der Waals surface area contributed by atoms with Crippen LogP contribution in [0.3, 0.4) is 0 Å². The van der Waals surface area contributed by atoms with E-state index in [1.54, 1.807) is 0 Å². The van der Waals surface area contributed by atoms with Crippen molar-refractivity contribution < 1.29 is 9.90 Å². The molecule has 1 heterocycles. The van der Waals surface area contributed by atoms with E-state index in [4.69, 9.17) is 0 Å². The summed E-state index contributed by atoms with van der Waals surface area (Å²) in [6, 6.07) is 9.75. The van der Waals surface area contributed by atoms with Gasteiger partial charge in [-0.25, -0.2) is 4.79 Å². The van der Waals surface area contributed by atoms with Crippen molar-refractivity contribution in [2.24, 2.45) is 0 Å². The van der Waals surface area contributed by atoms with Crippen molar-refractivity contribution in [2.45, 2.75) is 63.0 Å².